The number of aryl methyl sites for hydroxylation is 3. The van der Waals surface area contributed by atoms with E-state index in [-0.39, 0.29) is 13.2 Å². The Balaban J connectivity index is 1.68. The highest BCUT2D eigenvalue weighted by atomic mass is 16.5. The second-order valence-electron chi connectivity index (χ2n) is 6.98. The fraction of sp³-hybridized carbons (Fsp3) is 0.500. The summed E-state index contributed by atoms with van der Waals surface area (Å²) in [6.07, 6.45) is -2.16. The van der Waals surface area contributed by atoms with E-state index in [0.29, 0.717) is 22.6 Å². The molecule has 0 saturated carbocycles. The number of nitrogens with one attached hydrogen (secondary N) is 2. The molecule has 1 aliphatic heterocycles. The quantitative estimate of drug-likeness (QED) is 0.519. The van der Waals surface area contributed by atoms with Crippen LogP contribution in [-0.2, 0) is 11.3 Å². The minimum absolute atomic E-state index is 0.0540. The van der Waals surface area contributed by atoms with E-state index in [1.54, 1.807) is 26.8 Å². The number of nitrogens with zero attached hydrogens (tertiary/aromatic N) is 1. The number of aromatic nitrogens is 2. The summed E-state index contributed by atoms with van der Waals surface area (Å²) in [6, 6.07) is 0.757. The van der Waals surface area contributed by atoms with Crippen LogP contribution in [0.3, 0.4) is 0 Å². The molecule has 152 valence electrons. The minimum Gasteiger partial charge on any atom is -0.466 e. The Morgan fingerprint density at radius 2 is 2.00 bits per heavy atom. The topological polar surface area (TPSA) is 147 Å². The smallest absolute Gasteiger partial charge is 0.328 e. The summed E-state index contributed by atoms with van der Waals surface area (Å²) in [4.78, 5) is 37.9. The number of aromatic amines is 1. The van der Waals surface area contributed by atoms with Crippen LogP contribution in [0.2, 0.25) is 0 Å². The van der Waals surface area contributed by atoms with Crippen molar-refractivity contribution in [1.82, 2.24) is 14.9 Å². The largest absolute Gasteiger partial charge is 0.466 e. The summed E-state index contributed by atoms with van der Waals surface area (Å²) >= 11 is 0. The molecule has 1 saturated heterocycles. The summed E-state index contributed by atoms with van der Waals surface area (Å²) in [7, 11) is 0. The lowest BCUT2D eigenvalue weighted by atomic mass is 9.97. The highest BCUT2D eigenvalue weighted by molar-refractivity contribution is 5.95. The van der Waals surface area contributed by atoms with Crippen molar-refractivity contribution in [2.75, 3.05) is 6.61 Å². The third kappa shape index (κ3) is 3.93. The van der Waals surface area contributed by atoms with Gasteiger partial charge in [-0.05, 0) is 26.8 Å². The van der Waals surface area contributed by atoms with E-state index in [1.807, 2.05) is 0 Å². The zero-order chi connectivity index (χ0) is 20.6. The Labute approximate surface area is 159 Å². The number of hydrogen-bond donors (Lipinski definition) is 4. The highest BCUT2D eigenvalue weighted by Gasteiger charge is 2.39. The van der Waals surface area contributed by atoms with E-state index in [2.05, 4.69) is 10.3 Å². The molecular weight excluding hydrogens is 370 g/mol. The van der Waals surface area contributed by atoms with Gasteiger partial charge in [-0.2, -0.15) is 0 Å². The van der Waals surface area contributed by atoms with E-state index in [0.717, 1.165) is 0 Å². The van der Waals surface area contributed by atoms with Crippen molar-refractivity contribution in [3.63, 3.8) is 0 Å². The molecular formula is C18H23N3O7. The van der Waals surface area contributed by atoms with Gasteiger partial charge in [0.1, 0.15) is 29.8 Å². The SMILES string of the molecule is Cc1cc(C(=O)N[C@@H]2CO[C@H](Cn3cc(C)c(=O)[nH]c3=O)[C@@H](O)[C@H]2O)c(C)o1. The van der Waals surface area contributed by atoms with E-state index in [1.165, 1.54) is 10.8 Å². The monoisotopic (exact) mass is 393 g/mol. The lowest BCUT2D eigenvalue weighted by Gasteiger charge is -2.38. The van der Waals surface area contributed by atoms with Gasteiger partial charge in [0.05, 0.1) is 24.8 Å². The fourth-order valence-corrected chi connectivity index (χ4v) is 3.22. The van der Waals surface area contributed by atoms with Gasteiger partial charge >= 0.3 is 5.69 Å². The number of ether oxygens (including phenoxy) is 1. The molecule has 0 unspecified atom stereocenters. The molecule has 2 aromatic heterocycles. The molecule has 3 rings (SSSR count). The molecule has 28 heavy (non-hydrogen) atoms. The van der Waals surface area contributed by atoms with Crippen molar-refractivity contribution in [3.8, 4) is 0 Å². The second kappa shape index (κ2) is 7.74. The van der Waals surface area contributed by atoms with Crippen LogP contribution in [0.25, 0.3) is 0 Å². The third-order valence-corrected chi connectivity index (χ3v) is 4.80. The van der Waals surface area contributed by atoms with Crippen LogP contribution in [0.4, 0.5) is 0 Å². The lowest BCUT2D eigenvalue weighted by molar-refractivity contribution is -0.152. The van der Waals surface area contributed by atoms with Crippen LogP contribution < -0.4 is 16.6 Å². The molecule has 10 heteroatoms. The van der Waals surface area contributed by atoms with E-state index >= 15 is 0 Å². The first kappa shape index (κ1) is 20.1. The first-order chi connectivity index (χ1) is 13.2. The number of aliphatic hydroxyl groups excluding tert-OH is 2. The Morgan fingerprint density at radius 1 is 1.29 bits per heavy atom. The summed E-state index contributed by atoms with van der Waals surface area (Å²) in [6.45, 7) is 4.81. The number of carbonyl (C=O) groups is 1. The van der Waals surface area contributed by atoms with E-state index < -0.39 is 41.5 Å². The summed E-state index contributed by atoms with van der Waals surface area (Å²) in [5.41, 5.74) is -0.445. The van der Waals surface area contributed by atoms with Gasteiger partial charge in [0.2, 0.25) is 0 Å². The minimum atomic E-state index is -1.34. The van der Waals surface area contributed by atoms with Crippen LogP contribution in [0.5, 0.6) is 0 Å². The molecule has 4 atom stereocenters. The van der Waals surface area contributed by atoms with Crippen molar-refractivity contribution in [1.29, 1.82) is 0 Å². The molecule has 0 bridgehead atoms. The zero-order valence-electron chi connectivity index (χ0n) is 15.8. The molecule has 2 aromatic rings. The van der Waals surface area contributed by atoms with Crippen molar-refractivity contribution < 1.29 is 24.2 Å². The number of hydrogen-bond acceptors (Lipinski definition) is 7. The second-order valence-corrected chi connectivity index (χ2v) is 6.98. The first-order valence-corrected chi connectivity index (χ1v) is 8.83. The summed E-state index contributed by atoms with van der Waals surface area (Å²) < 4.78 is 12.1. The Morgan fingerprint density at radius 3 is 2.64 bits per heavy atom. The molecule has 1 aliphatic rings. The number of aliphatic hydroxyl groups is 2. The molecule has 0 radical (unpaired) electrons. The van der Waals surface area contributed by atoms with Crippen molar-refractivity contribution >= 4 is 5.91 Å². The van der Waals surface area contributed by atoms with Gasteiger partial charge in [0.25, 0.3) is 11.5 Å². The van der Waals surface area contributed by atoms with Gasteiger partial charge in [-0.1, -0.05) is 0 Å². The Kier molecular flexibility index (Phi) is 5.54. The molecule has 0 spiro atoms. The Hall–Kier alpha value is -2.69. The van der Waals surface area contributed by atoms with Gasteiger partial charge in [-0.15, -0.1) is 0 Å². The number of carbonyl (C=O) groups excluding carboxylic acids is 1. The molecule has 3 heterocycles. The maximum Gasteiger partial charge on any atom is 0.328 e. The number of H-pyrrole nitrogens is 1. The van der Waals surface area contributed by atoms with Gasteiger partial charge in [-0.3, -0.25) is 19.1 Å². The Bertz CT molecular complexity index is 990. The zero-order valence-corrected chi connectivity index (χ0v) is 15.8. The van der Waals surface area contributed by atoms with Gasteiger partial charge in [0, 0.05) is 11.8 Å². The van der Waals surface area contributed by atoms with Crippen LogP contribution in [0.1, 0.15) is 27.4 Å². The molecule has 1 fully saturated rings. The van der Waals surface area contributed by atoms with Crippen molar-refractivity contribution in [2.45, 2.75) is 51.7 Å². The highest BCUT2D eigenvalue weighted by Crippen LogP contribution is 2.19. The average molecular weight is 393 g/mol. The standard InChI is InChI=1S/C18H23N3O7/c1-8-5-21(18(26)20-16(8)24)6-13-15(23)14(22)12(7-27-13)19-17(25)11-4-9(2)28-10(11)3/h4-5,12-15,22-23H,6-7H2,1-3H3,(H,19,25)(H,20,24,26)/t12-,13-,14+,15-/m1/s1. The van der Waals surface area contributed by atoms with Crippen LogP contribution in [0, 0.1) is 20.8 Å². The number of furan rings is 1. The van der Waals surface area contributed by atoms with E-state index in [9.17, 15) is 24.6 Å². The summed E-state index contributed by atoms with van der Waals surface area (Å²) in [5.74, 6) is 0.595. The molecule has 1 amide bonds. The summed E-state index contributed by atoms with van der Waals surface area (Å²) in [5, 5.41) is 23.4. The first-order valence-electron chi connectivity index (χ1n) is 8.83. The van der Waals surface area contributed by atoms with Crippen LogP contribution >= 0.6 is 0 Å². The predicted octanol–water partition coefficient (Wildman–Crippen LogP) is -1.03. The molecule has 10 nitrogen and oxygen atoms in total. The van der Waals surface area contributed by atoms with Gasteiger partial charge in [0.15, 0.2) is 0 Å². The third-order valence-electron chi connectivity index (χ3n) is 4.80. The molecule has 4 N–H and O–H groups in total. The normalized spacial score (nSPS) is 24.9. The van der Waals surface area contributed by atoms with Crippen molar-refractivity contribution in [3.05, 3.63) is 55.7 Å². The molecule has 0 aliphatic carbocycles. The lowest BCUT2D eigenvalue weighted by Crippen LogP contribution is -2.60. The maximum absolute atomic E-state index is 12.4. The average Bonchev–Trinajstić information content (AvgIpc) is 2.97. The van der Waals surface area contributed by atoms with E-state index in [4.69, 9.17) is 9.15 Å². The van der Waals surface area contributed by atoms with Crippen LogP contribution in [0.15, 0.2) is 26.3 Å². The fourth-order valence-electron chi connectivity index (χ4n) is 3.22. The van der Waals surface area contributed by atoms with Gasteiger partial charge < -0.3 is 24.7 Å². The predicted molar refractivity (Wildman–Crippen MR) is 97.2 cm³/mol. The van der Waals surface area contributed by atoms with Crippen LogP contribution in [-0.4, -0.2) is 56.6 Å². The maximum atomic E-state index is 12.4. The van der Waals surface area contributed by atoms with Gasteiger partial charge in [-0.25, -0.2) is 4.79 Å². The number of rotatable bonds is 4. The van der Waals surface area contributed by atoms with Crippen molar-refractivity contribution in [2.24, 2.45) is 0 Å². The molecule has 0 aromatic carbocycles. The number of amides is 1.